The molecule has 0 aromatic carbocycles. The van der Waals surface area contributed by atoms with Gasteiger partial charge in [0.15, 0.2) is 5.78 Å². The van der Waals surface area contributed by atoms with Crippen molar-refractivity contribution in [2.45, 2.75) is 58.8 Å². The van der Waals surface area contributed by atoms with Crippen molar-refractivity contribution in [3.63, 3.8) is 0 Å². The molecule has 3 heteroatoms. The molecule has 2 aliphatic carbocycles. The maximum absolute atomic E-state index is 12.5. The molecule has 0 heterocycles. The minimum Gasteiger partial charge on any atom is -0.465 e. The van der Waals surface area contributed by atoms with E-state index in [0.717, 1.165) is 37.7 Å². The quantitative estimate of drug-likeness (QED) is 0.733. The third kappa shape index (κ3) is 3.07. The molecule has 0 bridgehead atoms. The molecule has 0 aromatic rings. The van der Waals surface area contributed by atoms with Crippen LogP contribution in [0.2, 0.25) is 0 Å². The van der Waals surface area contributed by atoms with Crippen LogP contribution in [0, 0.1) is 11.3 Å². The highest BCUT2D eigenvalue weighted by Gasteiger charge is 2.45. The van der Waals surface area contributed by atoms with Crippen molar-refractivity contribution < 1.29 is 14.3 Å². The van der Waals surface area contributed by atoms with Crippen molar-refractivity contribution in [2.75, 3.05) is 6.61 Å². The zero-order valence-corrected chi connectivity index (χ0v) is 12.0. The second-order valence-corrected chi connectivity index (χ2v) is 6.27. The van der Waals surface area contributed by atoms with Gasteiger partial charge in [0.1, 0.15) is 0 Å². The molecule has 0 saturated heterocycles. The molecule has 0 spiro atoms. The Morgan fingerprint density at radius 3 is 2.79 bits per heavy atom. The molecule has 2 aliphatic rings. The topological polar surface area (TPSA) is 43.4 Å². The summed E-state index contributed by atoms with van der Waals surface area (Å²) >= 11 is 0. The summed E-state index contributed by atoms with van der Waals surface area (Å²) < 4.78 is 5.50. The Hall–Kier alpha value is -1.12. The van der Waals surface area contributed by atoms with Crippen molar-refractivity contribution in [3.05, 3.63) is 11.6 Å². The van der Waals surface area contributed by atoms with Crippen LogP contribution in [0.5, 0.6) is 0 Å². The van der Waals surface area contributed by atoms with Crippen LogP contribution in [0.15, 0.2) is 11.6 Å². The van der Waals surface area contributed by atoms with E-state index >= 15 is 0 Å². The van der Waals surface area contributed by atoms with E-state index in [1.54, 1.807) is 6.08 Å². The Morgan fingerprint density at radius 1 is 1.26 bits per heavy atom. The largest absolute Gasteiger partial charge is 0.465 e. The smallest absolute Gasteiger partial charge is 0.316 e. The highest BCUT2D eigenvalue weighted by Crippen LogP contribution is 2.46. The van der Waals surface area contributed by atoms with Crippen LogP contribution < -0.4 is 0 Å². The summed E-state index contributed by atoms with van der Waals surface area (Å²) in [5, 5.41) is 0. The SMILES string of the molecule is CC(C)COC(=O)C12CCCCCC1=CC(=O)CC2. The Labute approximate surface area is 115 Å². The average Bonchev–Trinajstić information content (AvgIpc) is 2.58. The highest BCUT2D eigenvalue weighted by molar-refractivity contribution is 5.95. The third-order valence-electron chi connectivity index (χ3n) is 4.24. The highest BCUT2D eigenvalue weighted by atomic mass is 16.5. The van der Waals surface area contributed by atoms with Gasteiger partial charge in [-0.3, -0.25) is 9.59 Å². The Morgan fingerprint density at radius 2 is 2.05 bits per heavy atom. The molecule has 106 valence electrons. The minimum atomic E-state index is -0.487. The number of esters is 1. The van der Waals surface area contributed by atoms with Crippen molar-refractivity contribution in [1.29, 1.82) is 0 Å². The maximum Gasteiger partial charge on any atom is 0.316 e. The second kappa shape index (κ2) is 5.89. The van der Waals surface area contributed by atoms with E-state index in [-0.39, 0.29) is 11.8 Å². The number of ketones is 1. The molecule has 0 amide bonds. The summed E-state index contributed by atoms with van der Waals surface area (Å²) in [6.07, 6.45) is 7.87. The first-order valence-corrected chi connectivity index (χ1v) is 7.46. The lowest BCUT2D eigenvalue weighted by Gasteiger charge is -2.35. The van der Waals surface area contributed by atoms with Crippen LogP contribution in [0.1, 0.15) is 58.8 Å². The molecule has 2 rings (SSSR count). The summed E-state index contributed by atoms with van der Waals surface area (Å²) in [6.45, 7) is 4.56. The number of carbonyl (C=O) groups excluding carboxylic acids is 2. The number of rotatable bonds is 3. The van der Waals surface area contributed by atoms with Gasteiger partial charge < -0.3 is 4.74 Å². The summed E-state index contributed by atoms with van der Waals surface area (Å²) in [4.78, 5) is 24.2. The van der Waals surface area contributed by atoms with E-state index in [4.69, 9.17) is 4.74 Å². The minimum absolute atomic E-state index is 0.0955. The average molecular weight is 264 g/mol. The molecule has 1 unspecified atom stereocenters. The van der Waals surface area contributed by atoms with E-state index in [0.29, 0.717) is 25.4 Å². The number of ether oxygens (including phenoxy) is 1. The van der Waals surface area contributed by atoms with Crippen molar-refractivity contribution in [2.24, 2.45) is 11.3 Å². The Bertz CT molecular complexity index is 395. The van der Waals surface area contributed by atoms with Gasteiger partial charge in [-0.25, -0.2) is 0 Å². The number of carbonyl (C=O) groups is 2. The van der Waals surface area contributed by atoms with Gasteiger partial charge in [0.05, 0.1) is 12.0 Å². The zero-order valence-electron chi connectivity index (χ0n) is 12.0. The van der Waals surface area contributed by atoms with Crippen LogP contribution >= 0.6 is 0 Å². The fraction of sp³-hybridized carbons (Fsp3) is 0.750. The fourth-order valence-electron chi connectivity index (χ4n) is 3.13. The normalized spacial score (nSPS) is 27.5. The van der Waals surface area contributed by atoms with Gasteiger partial charge in [-0.2, -0.15) is 0 Å². The summed E-state index contributed by atoms with van der Waals surface area (Å²) in [5.41, 5.74) is 0.550. The van der Waals surface area contributed by atoms with Crippen LogP contribution in [0.4, 0.5) is 0 Å². The van der Waals surface area contributed by atoms with Gasteiger partial charge in [-0.1, -0.05) is 26.7 Å². The van der Waals surface area contributed by atoms with E-state index in [2.05, 4.69) is 0 Å². The molecule has 1 saturated carbocycles. The summed E-state index contributed by atoms with van der Waals surface area (Å²) in [6, 6.07) is 0. The van der Waals surface area contributed by atoms with Gasteiger partial charge in [0.2, 0.25) is 0 Å². The molecule has 0 radical (unpaired) electrons. The molecule has 19 heavy (non-hydrogen) atoms. The standard InChI is InChI=1S/C16H24O3/c1-12(2)11-19-15(18)16-8-5-3-4-6-13(16)10-14(17)7-9-16/h10,12H,3-9,11H2,1-2H3. The monoisotopic (exact) mass is 264 g/mol. The molecule has 0 aromatic heterocycles. The number of hydrogen-bond acceptors (Lipinski definition) is 3. The first-order chi connectivity index (χ1) is 9.04. The van der Waals surface area contributed by atoms with Gasteiger partial charge in [-0.15, -0.1) is 0 Å². The molecule has 0 aliphatic heterocycles. The van der Waals surface area contributed by atoms with E-state index in [1.165, 1.54) is 0 Å². The Kier molecular flexibility index (Phi) is 4.43. The van der Waals surface area contributed by atoms with Crippen LogP contribution in [-0.4, -0.2) is 18.4 Å². The second-order valence-electron chi connectivity index (χ2n) is 6.27. The van der Waals surface area contributed by atoms with Gasteiger partial charge >= 0.3 is 5.97 Å². The number of fused-ring (bicyclic) bond motifs is 1. The predicted molar refractivity (Wildman–Crippen MR) is 73.6 cm³/mol. The van der Waals surface area contributed by atoms with Crippen molar-refractivity contribution in [3.8, 4) is 0 Å². The molecule has 1 fully saturated rings. The predicted octanol–water partition coefficient (Wildman–Crippen LogP) is 3.43. The van der Waals surface area contributed by atoms with Crippen LogP contribution in [-0.2, 0) is 14.3 Å². The molecular weight excluding hydrogens is 240 g/mol. The Balaban J connectivity index is 2.22. The molecule has 0 N–H and O–H groups in total. The van der Waals surface area contributed by atoms with Gasteiger partial charge in [0, 0.05) is 6.42 Å². The van der Waals surface area contributed by atoms with E-state index in [9.17, 15) is 9.59 Å². The lowest BCUT2D eigenvalue weighted by Crippen LogP contribution is -2.38. The van der Waals surface area contributed by atoms with E-state index < -0.39 is 5.41 Å². The lowest BCUT2D eigenvalue weighted by atomic mass is 9.69. The van der Waals surface area contributed by atoms with Gasteiger partial charge in [-0.05, 0) is 43.3 Å². The molecular formula is C16H24O3. The lowest BCUT2D eigenvalue weighted by molar-refractivity contribution is -0.156. The van der Waals surface area contributed by atoms with E-state index in [1.807, 2.05) is 13.8 Å². The van der Waals surface area contributed by atoms with Crippen LogP contribution in [0.3, 0.4) is 0 Å². The summed E-state index contributed by atoms with van der Waals surface area (Å²) in [7, 11) is 0. The third-order valence-corrected chi connectivity index (χ3v) is 4.24. The number of allylic oxidation sites excluding steroid dienone is 1. The maximum atomic E-state index is 12.5. The van der Waals surface area contributed by atoms with Crippen molar-refractivity contribution >= 4 is 11.8 Å². The molecule has 3 nitrogen and oxygen atoms in total. The molecule has 1 atom stereocenters. The number of hydrogen-bond donors (Lipinski definition) is 0. The van der Waals surface area contributed by atoms with Gasteiger partial charge in [0.25, 0.3) is 0 Å². The van der Waals surface area contributed by atoms with Crippen LogP contribution in [0.25, 0.3) is 0 Å². The zero-order chi connectivity index (χ0) is 13.9. The first-order valence-electron chi connectivity index (χ1n) is 7.46. The first kappa shape index (κ1) is 14.3. The van der Waals surface area contributed by atoms with Crippen molar-refractivity contribution in [1.82, 2.24) is 0 Å². The fourth-order valence-corrected chi connectivity index (χ4v) is 3.13. The summed E-state index contributed by atoms with van der Waals surface area (Å²) in [5.74, 6) is 0.426.